The summed E-state index contributed by atoms with van der Waals surface area (Å²) in [5.74, 6) is 0.803. The summed E-state index contributed by atoms with van der Waals surface area (Å²) >= 11 is 8.96. The average molecular weight is 498 g/mol. The predicted octanol–water partition coefficient (Wildman–Crippen LogP) is 6.15. The van der Waals surface area contributed by atoms with Crippen molar-refractivity contribution in [2.75, 3.05) is 7.11 Å². The zero-order chi connectivity index (χ0) is 22.9. The number of ether oxygens (including phenoxy) is 1. The maximum atomic E-state index is 13.6. The number of thiophene rings is 1. The molecule has 0 aliphatic carbocycles. The normalized spacial score (nSPS) is 11.4. The molecule has 3 heterocycles. The van der Waals surface area contributed by atoms with E-state index >= 15 is 0 Å². The molecule has 0 fully saturated rings. The Kier molecular flexibility index (Phi) is 6.05. The van der Waals surface area contributed by atoms with Crippen molar-refractivity contribution in [1.29, 1.82) is 0 Å². The van der Waals surface area contributed by atoms with E-state index in [1.54, 1.807) is 23.9 Å². The first-order valence-electron chi connectivity index (χ1n) is 10.0. The van der Waals surface area contributed by atoms with Crippen LogP contribution in [0.1, 0.15) is 11.1 Å². The second-order valence-electron chi connectivity index (χ2n) is 7.29. The maximum absolute atomic E-state index is 13.6. The standard InChI is InChI=1S/C24H17ClFN3O2S2/c1-31-17-8-4-14(5-9-17)12-29-23(30)21-20(18-3-2-10-27-22(18)33-21)28-24(29)32-13-15-6-7-16(26)11-19(15)25/h2-11H,12-13H2,1H3. The van der Waals surface area contributed by atoms with Gasteiger partial charge in [0.2, 0.25) is 0 Å². The summed E-state index contributed by atoms with van der Waals surface area (Å²) in [6, 6.07) is 15.6. The van der Waals surface area contributed by atoms with Crippen LogP contribution in [-0.2, 0) is 12.3 Å². The van der Waals surface area contributed by atoms with Gasteiger partial charge in [0.25, 0.3) is 5.56 Å². The molecule has 0 amide bonds. The summed E-state index contributed by atoms with van der Waals surface area (Å²) in [7, 11) is 1.61. The molecule has 3 aromatic heterocycles. The quantitative estimate of drug-likeness (QED) is 0.208. The van der Waals surface area contributed by atoms with Crippen LogP contribution in [0.4, 0.5) is 4.39 Å². The Labute approximate surface area is 201 Å². The van der Waals surface area contributed by atoms with E-state index in [9.17, 15) is 9.18 Å². The number of pyridine rings is 1. The van der Waals surface area contributed by atoms with Crippen LogP contribution in [0.3, 0.4) is 0 Å². The Morgan fingerprint density at radius 1 is 1.18 bits per heavy atom. The number of thioether (sulfide) groups is 1. The minimum Gasteiger partial charge on any atom is -0.497 e. The number of fused-ring (bicyclic) bond motifs is 3. The van der Waals surface area contributed by atoms with Gasteiger partial charge in [-0.2, -0.15) is 0 Å². The molecule has 166 valence electrons. The molecule has 5 rings (SSSR count). The Balaban J connectivity index is 1.60. The van der Waals surface area contributed by atoms with Gasteiger partial charge in [0.15, 0.2) is 5.16 Å². The summed E-state index contributed by atoms with van der Waals surface area (Å²) in [6.07, 6.45) is 1.71. The molecule has 2 aromatic carbocycles. The summed E-state index contributed by atoms with van der Waals surface area (Å²) in [5.41, 5.74) is 2.24. The second-order valence-corrected chi connectivity index (χ2v) is 9.64. The molecular weight excluding hydrogens is 481 g/mol. The van der Waals surface area contributed by atoms with Crippen LogP contribution >= 0.6 is 34.7 Å². The average Bonchev–Trinajstić information content (AvgIpc) is 3.20. The van der Waals surface area contributed by atoms with Gasteiger partial charge in [-0.15, -0.1) is 11.3 Å². The fourth-order valence-electron chi connectivity index (χ4n) is 3.49. The molecule has 33 heavy (non-hydrogen) atoms. The molecule has 0 bridgehead atoms. The van der Waals surface area contributed by atoms with Gasteiger partial charge in [0, 0.05) is 22.4 Å². The molecule has 0 saturated heterocycles. The van der Waals surface area contributed by atoms with Gasteiger partial charge in [0.1, 0.15) is 21.1 Å². The van der Waals surface area contributed by atoms with Gasteiger partial charge in [-0.05, 0) is 47.5 Å². The van der Waals surface area contributed by atoms with Crippen molar-refractivity contribution in [3.63, 3.8) is 0 Å². The molecule has 0 aliphatic heterocycles. The van der Waals surface area contributed by atoms with E-state index in [-0.39, 0.29) is 11.4 Å². The zero-order valence-electron chi connectivity index (χ0n) is 17.4. The minimum atomic E-state index is -0.387. The van der Waals surface area contributed by atoms with E-state index in [0.29, 0.717) is 32.7 Å². The molecule has 0 spiro atoms. The molecule has 0 unspecified atom stereocenters. The third-order valence-corrected chi connectivity index (χ3v) is 7.66. The second kappa shape index (κ2) is 9.13. The van der Waals surface area contributed by atoms with Crippen LogP contribution in [0.25, 0.3) is 20.4 Å². The van der Waals surface area contributed by atoms with E-state index in [2.05, 4.69) is 4.98 Å². The highest BCUT2D eigenvalue weighted by atomic mass is 35.5. The fraction of sp³-hybridized carbons (Fsp3) is 0.125. The van der Waals surface area contributed by atoms with Gasteiger partial charge in [-0.25, -0.2) is 14.4 Å². The molecule has 0 atom stereocenters. The van der Waals surface area contributed by atoms with Gasteiger partial charge in [-0.3, -0.25) is 9.36 Å². The highest BCUT2D eigenvalue weighted by Crippen LogP contribution is 2.32. The van der Waals surface area contributed by atoms with Crippen molar-refractivity contribution in [3.8, 4) is 5.75 Å². The van der Waals surface area contributed by atoms with Crippen molar-refractivity contribution >= 4 is 55.1 Å². The van der Waals surface area contributed by atoms with Crippen molar-refractivity contribution < 1.29 is 9.13 Å². The van der Waals surface area contributed by atoms with Crippen molar-refractivity contribution in [2.24, 2.45) is 0 Å². The number of hydrogen-bond donors (Lipinski definition) is 0. The molecule has 0 saturated carbocycles. The maximum Gasteiger partial charge on any atom is 0.272 e. The van der Waals surface area contributed by atoms with Crippen LogP contribution < -0.4 is 10.3 Å². The Morgan fingerprint density at radius 2 is 2.00 bits per heavy atom. The van der Waals surface area contributed by atoms with Crippen LogP contribution in [0.5, 0.6) is 5.75 Å². The van der Waals surface area contributed by atoms with Crippen LogP contribution in [-0.4, -0.2) is 21.6 Å². The van der Waals surface area contributed by atoms with Crippen LogP contribution in [0, 0.1) is 5.82 Å². The first-order chi connectivity index (χ1) is 16.0. The van der Waals surface area contributed by atoms with E-state index < -0.39 is 0 Å². The molecular formula is C24H17ClFN3O2S2. The Hall–Kier alpha value is -2.94. The lowest BCUT2D eigenvalue weighted by molar-refractivity contribution is 0.414. The lowest BCUT2D eigenvalue weighted by Crippen LogP contribution is -2.23. The molecule has 0 N–H and O–H groups in total. The number of halogens is 2. The van der Waals surface area contributed by atoms with Crippen molar-refractivity contribution in [3.05, 3.63) is 93.1 Å². The summed E-state index contributed by atoms with van der Waals surface area (Å²) in [5, 5.41) is 1.76. The highest BCUT2D eigenvalue weighted by Gasteiger charge is 2.18. The monoisotopic (exact) mass is 497 g/mol. The fourth-order valence-corrected chi connectivity index (χ4v) is 5.83. The van der Waals surface area contributed by atoms with E-state index in [1.807, 2.05) is 36.4 Å². The van der Waals surface area contributed by atoms with Crippen LogP contribution in [0.15, 0.2) is 70.7 Å². The number of hydrogen-bond acceptors (Lipinski definition) is 6. The SMILES string of the molecule is COc1ccc(Cn2c(SCc3ccc(F)cc3Cl)nc3c(sc4ncccc43)c2=O)cc1. The number of rotatable bonds is 6. The number of benzene rings is 2. The highest BCUT2D eigenvalue weighted by molar-refractivity contribution is 7.98. The summed E-state index contributed by atoms with van der Waals surface area (Å²) in [4.78, 5) is 23.6. The zero-order valence-corrected chi connectivity index (χ0v) is 19.8. The number of methoxy groups -OCH3 is 1. The third kappa shape index (κ3) is 4.34. The number of aromatic nitrogens is 3. The molecule has 0 aliphatic rings. The lowest BCUT2D eigenvalue weighted by atomic mass is 10.2. The van der Waals surface area contributed by atoms with Gasteiger partial charge in [0.05, 0.1) is 19.2 Å². The molecule has 0 radical (unpaired) electrons. The van der Waals surface area contributed by atoms with Crippen molar-refractivity contribution in [2.45, 2.75) is 17.5 Å². The van der Waals surface area contributed by atoms with Gasteiger partial charge < -0.3 is 4.74 Å². The number of nitrogens with zero attached hydrogens (tertiary/aromatic N) is 3. The lowest BCUT2D eigenvalue weighted by Gasteiger charge is -2.13. The largest absolute Gasteiger partial charge is 0.497 e. The first kappa shape index (κ1) is 21.9. The van der Waals surface area contributed by atoms with Crippen molar-refractivity contribution in [1.82, 2.24) is 14.5 Å². The Morgan fingerprint density at radius 3 is 2.76 bits per heavy atom. The van der Waals surface area contributed by atoms with Gasteiger partial charge in [-0.1, -0.05) is 41.6 Å². The topological polar surface area (TPSA) is 57.0 Å². The molecule has 5 nitrogen and oxygen atoms in total. The van der Waals surface area contributed by atoms with Gasteiger partial charge >= 0.3 is 0 Å². The van der Waals surface area contributed by atoms with E-state index in [0.717, 1.165) is 27.1 Å². The minimum absolute atomic E-state index is 0.119. The molecule has 9 heteroatoms. The molecule has 5 aromatic rings. The van der Waals surface area contributed by atoms with E-state index in [1.165, 1.54) is 35.2 Å². The Bertz CT molecular complexity index is 1530. The van der Waals surface area contributed by atoms with Crippen LogP contribution in [0.2, 0.25) is 5.02 Å². The van der Waals surface area contributed by atoms with E-state index in [4.69, 9.17) is 21.3 Å². The first-order valence-corrected chi connectivity index (χ1v) is 12.2. The summed E-state index contributed by atoms with van der Waals surface area (Å²) < 4.78 is 20.9. The summed E-state index contributed by atoms with van der Waals surface area (Å²) in [6.45, 7) is 0.354. The predicted molar refractivity (Wildman–Crippen MR) is 132 cm³/mol. The third-order valence-electron chi connectivity index (χ3n) is 5.19. The smallest absolute Gasteiger partial charge is 0.272 e.